The number of unbranched alkanes of at least 4 members (excludes halogenated alkanes) is 1. The van der Waals surface area contributed by atoms with Gasteiger partial charge in [0.2, 0.25) is 16.0 Å². The van der Waals surface area contributed by atoms with Crippen LogP contribution in [0.15, 0.2) is 6.20 Å². The van der Waals surface area contributed by atoms with E-state index in [1.165, 1.54) is 9.21 Å². The first-order chi connectivity index (χ1) is 12.2. The fourth-order valence-electron chi connectivity index (χ4n) is 2.98. The van der Waals surface area contributed by atoms with Gasteiger partial charge >= 0.3 is 0 Å². The number of hydrogen-bond acceptors (Lipinski definition) is 6. The highest BCUT2D eigenvalue weighted by Gasteiger charge is 2.35. The van der Waals surface area contributed by atoms with Crippen LogP contribution in [0.4, 0.5) is 5.95 Å². The minimum absolute atomic E-state index is 0.105. The van der Waals surface area contributed by atoms with Crippen molar-refractivity contribution in [3.63, 3.8) is 0 Å². The van der Waals surface area contributed by atoms with Gasteiger partial charge in [-0.1, -0.05) is 13.3 Å². The van der Waals surface area contributed by atoms with Crippen LogP contribution in [0.1, 0.15) is 48.2 Å². The standard InChI is InChI=1S/C17H29N5O3S/c1-6-7-10-26(24,25)22-9-8-13(12-22)15-14(16(23)20(2)3)11-18-17(19-15)21(4)5/h11,13H,6-10,12H2,1-5H3. The minimum atomic E-state index is -3.25. The number of carbonyl (C=O) groups excluding carboxylic acids is 1. The van der Waals surface area contributed by atoms with Crippen LogP contribution in [0.3, 0.4) is 0 Å². The van der Waals surface area contributed by atoms with Crippen molar-refractivity contribution in [2.75, 3.05) is 51.9 Å². The summed E-state index contributed by atoms with van der Waals surface area (Å²) in [6.45, 7) is 2.81. The molecule has 2 heterocycles. The van der Waals surface area contributed by atoms with Crippen molar-refractivity contribution in [3.05, 3.63) is 17.5 Å². The molecule has 1 aliphatic heterocycles. The number of nitrogens with zero attached hydrogens (tertiary/aromatic N) is 5. The van der Waals surface area contributed by atoms with Crippen molar-refractivity contribution in [3.8, 4) is 0 Å². The maximum absolute atomic E-state index is 12.5. The Morgan fingerprint density at radius 3 is 2.58 bits per heavy atom. The molecule has 1 fully saturated rings. The van der Waals surface area contributed by atoms with Gasteiger partial charge in [0.05, 0.1) is 17.0 Å². The summed E-state index contributed by atoms with van der Waals surface area (Å²) in [6.07, 6.45) is 3.71. The SMILES string of the molecule is CCCCS(=O)(=O)N1CCC(c2nc(N(C)C)ncc2C(=O)N(C)C)C1. The largest absolute Gasteiger partial charge is 0.347 e. The van der Waals surface area contributed by atoms with Gasteiger partial charge in [-0.3, -0.25) is 4.79 Å². The zero-order valence-corrected chi connectivity index (χ0v) is 17.1. The molecule has 8 nitrogen and oxygen atoms in total. The molecule has 146 valence electrons. The molecule has 1 amide bonds. The molecular formula is C17H29N5O3S. The summed E-state index contributed by atoms with van der Waals surface area (Å²) in [6, 6.07) is 0. The van der Waals surface area contributed by atoms with Crippen LogP contribution in [-0.2, 0) is 10.0 Å². The summed E-state index contributed by atoms with van der Waals surface area (Å²) in [7, 11) is 3.78. The van der Waals surface area contributed by atoms with E-state index in [0.717, 1.165) is 6.42 Å². The van der Waals surface area contributed by atoms with Crippen LogP contribution in [0.5, 0.6) is 0 Å². The number of carbonyl (C=O) groups is 1. The molecule has 1 aromatic rings. The Morgan fingerprint density at radius 2 is 2.00 bits per heavy atom. The minimum Gasteiger partial charge on any atom is -0.347 e. The Kier molecular flexibility index (Phi) is 6.57. The fourth-order valence-corrected chi connectivity index (χ4v) is 4.68. The quantitative estimate of drug-likeness (QED) is 0.702. The van der Waals surface area contributed by atoms with Crippen molar-refractivity contribution in [1.29, 1.82) is 0 Å². The van der Waals surface area contributed by atoms with E-state index in [0.29, 0.717) is 43.1 Å². The Balaban J connectivity index is 2.32. The highest BCUT2D eigenvalue weighted by atomic mass is 32.2. The maximum Gasteiger partial charge on any atom is 0.256 e. The summed E-state index contributed by atoms with van der Waals surface area (Å²) >= 11 is 0. The van der Waals surface area contributed by atoms with Crippen LogP contribution >= 0.6 is 0 Å². The molecule has 0 aliphatic carbocycles. The zero-order chi connectivity index (χ0) is 19.5. The van der Waals surface area contributed by atoms with E-state index in [2.05, 4.69) is 9.97 Å². The molecule has 0 aromatic carbocycles. The number of aromatic nitrogens is 2. The van der Waals surface area contributed by atoms with Gasteiger partial charge in [-0.25, -0.2) is 22.7 Å². The van der Waals surface area contributed by atoms with E-state index in [-0.39, 0.29) is 17.6 Å². The average molecular weight is 384 g/mol. The molecular weight excluding hydrogens is 354 g/mol. The van der Waals surface area contributed by atoms with Crippen molar-refractivity contribution < 1.29 is 13.2 Å². The molecule has 1 atom stereocenters. The van der Waals surface area contributed by atoms with Gasteiger partial charge in [0.15, 0.2) is 0 Å². The Hall–Kier alpha value is -1.74. The molecule has 1 aromatic heterocycles. The van der Waals surface area contributed by atoms with Gasteiger partial charge < -0.3 is 9.80 Å². The second-order valence-electron chi connectivity index (χ2n) is 7.08. The summed E-state index contributed by atoms with van der Waals surface area (Å²) in [5.41, 5.74) is 1.08. The van der Waals surface area contributed by atoms with E-state index in [9.17, 15) is 13.2 Å². The molecule has 0 spiro atoms. The van der Waals surface area contributed by atoms with E-state index in [1.807, 2.05) is 21.0 Å². The zero-order valence-electron chi connectivity index (χ0n) is 16.3. The van der Waals surface area contributed by atoms with Crippen molar-refractivity contribution >= 4 is 21.9 Å². The third-order valence-electron chi connectivity index (χ3n) is 4.53. The Morgan fingerprint density at radius 1 is 1.31 bits per heavy atom. The third-order valence-corrected chi connectivity index (χ3v) is 6.45. The average Bonchev–Trinajstić information content (AvgIpc) is 3.09. The first-order valence-corrected chi connectivity index (χ1v) is 10.5. The Labute approximate surface area is 156 Å². The molecule has 26 heavy (non-hydrogen) atoms. The number of hydrogen-bond donors (Lipinski definition) is 0. The molecule has 0 bridgehead atoms. The van der Waals surface area contributed by atoms with Gasteiger partial charge in [-0.15, -0.1) is 0 Å². The first kappa shape index (κ1) is 20.6. The lowest BCUT2D eigenvalue weighted by atomic mass is 9.99. The predicted molar refractivity (Wildman–Crippen MR) is 102 cm³/mol. The topological polar surface area (TPSA) is 86.7 Å². The molecule has 0 saturated carbocycles. The van der Waals surface area contributed by atoms with Gasteiger partial charge in [-0.05, 0) is 12.8 Å². The molecule has 0 radical (unpaired) electrons. The molecule has 9 heteroatoms. The van der Waals surface area contributed by atoms with E-state index in [4.69, 9.17) is 0 Å². The lowest BCUT2D eigenvalue weighted by Crippen LogP contribution is -2.31. The highest BCUT2D eigenvalue weighted by Crippen LogP contribution is 2.31. The number of sulfonamides is 1. The Bertz CT molecular complexity index is 749. The fraction of sp³-hybridized carbons (Fsp3) is 0.706. The van der Waals surface area contributed by atoms with Crippen LogP contribution < -0.4 is 4.90 Å². The monoisotopic (exact) mass is 383 g/mol. The van der Waals surface area contributed by atoms with Crippen LogP contribution in [0.2, 0.25) is 0 Å². The lowest BCUT2D eigenvalue weighted by Gasteiger charge is -2.20. The summed E-state index contributed by atoms with van der Waals surface area (Å²) in [4.78, 5) is 24.6. The van der Waals surface area contributed by atoms with E-state index in [1.54, 1.807) is 25.2 Å². The van der Waals surface area contributed by atoms with Crippen LogP contribution in [-0.4, -0.2) is 80.5 Å². The molecule has 2 rings (SSSR count). The molecule has 1 aliphatic rings. The van der Waals surface area contributed by atoms with E-state index < -0.39 is 10.0 Å². The second kappa shape index (κ2) is 8.30. The third kappa shape index (κ3) is 4.50. The predicted octanol–water partition coefficient (Wildman–Crippen LogP) is 1.16. The van der Waals surface area contributed by atoms with Crippen molar-refractivity contribution in [2.45, 2.75) is 32.1 Å². The molecule has 1 unspecified atom stereocenters. The van der Waals surface area contributed by atoms with Crippen molar-refractivity contribution in [1.82, 2.24) is 19.2 Å². The lowest BCUT2D eigenvalue weighted by molar-refractivity contribution is 0.0825. The van der Waals surface area contributed by atoms with Crippen LogP contribution in [0, 0.1) is 0 Å². The molecule has 1 saturated heterocycles. The van der Waals surface area contributed by atoms with Gasteiger partial charge in [0.25, 0.3) is 5.91 Å². The van der Waals surface area contributed by atoms with E-state index >= 15 is 0 Å². The second-order valence-corrected chi connectivity index (χ2v) is 9.16. The highest BCUT2D eigenvalue weighted by molar-refractivity contribution is 7.89. The summed E-state index contributed by atoms with van der Waals surface area (Å²) < 4.78 is 26.5. The normalized spacial score (nSPS) is 18.1. The van der Waals surface area contributed by atoms with Crippen molar-refractivity contribution in [2.24, 2.45) is 0 Å². The number of amides is 1. The van der Waals surface area contributed by atoms with Gasteiger partial charge in [0.1, 0.15) is 0 Å². The number of rotatable bonds is 7. The first-order valence-electron chi connectivity index (χ1n) is 8.91. The smallest absolute Gasteiger partial charge is 0.256 e. The van der Waals surface area contributed by atoms with Crippen LogP contribution in [0.25, 0.3) is 0 Å². The maximum atomic E-state index is 12.5. The molecule has 0 N–H and O–H groups in total. The summed E-state index contributed by atoms with van der Waals surface area (Å²) in [5.74, 6) is 0.416. The van der Waals surface area contributed by atoms with Gasteiger partial charge in [-0.2, -0.15) is 0 Å². The van der Waals surface area contributed by atoms with Gasteiger partial charge in [0, 0.05) is 53.4 Å². The summed E-state index contributed by atoms with van der Waals surface area (Å²) in [5, 5.41) is 0. The number of anilines is 1.